The molecule has 3 heteroatoms. The molecule has 18 heavy (non-hydrogen) atoms. The fourth-order valence-electron chi connectivity index (χ4n) is 2.21. The highest BCUT2D eigenvalue weighted by atomic mass is 16.1. The van der Waals surface area contributed by atoms with Crippen molar-refractivity contribution < 1.29 is 0 Å². The number of anilines is 1. The van der Waals surface area contributed by atoms with E-state index in [1.54, 1.807) is 4.57 Å². The van der Waals surface area contributed by atoms with Gasteiger partial charge in [0.15, 0.2) is 0 Å². The number of benzene rings is 1. The molecule has 0 amide bonds. The van der Waals surface area contributed by atoms with Crippen LogP contribution in [0, 0.1) is 5.92 Å². The highest BCUT2D eigenvalue weighted by Gasteiger charge is 2.06. The lowest BCUT2D eigenvalue weighted by molar-refractivity contribution is 0.510. The average molecular weight is 244 g/mol. The van der Waals surface area contributed by atoms with Gasteiger partial charge in [0.2, 0.25) is 0 Å². The van der Waals surface area contributed by atoms with Gasteiger partial charge < -0.3 is 5.73 Å². The van der Waals surface area contributed by atoms with Gasteiger partial charge in [0.1, 0.15) is 5.82 Å². The molecule has 0 atom stereocenters. The van der Waals surface area contributed by atoms with Gasteiger partial charge in [-0.05, 0) is 36.3 Å². The number of hydrogen-bond acceptors (Lipinski definition) is 2. The minimum atomic E-state index is 0.0226. The summed E-state index contributed by atoms with van der Waals surface area (Å²) in [6, 6.07) is 9.47. The first-order valence-corrected chi connectivity index (χ1v) is 6.47. The summed E-state index contributed by atoms with van der Waals surface area (Å²) >= 11 is 0. The molecule has 0 aliphatic heterocycles. The number of pyridine rings is 1. The Morgan fingerprint density at radius 2 is 2.00 bits per heavy atom. The number of nitrogens with zero attached hydrogens (tertiary/aromatic N) is 1. The second kappa shape index (κ2) is 5.25. The van der Waals surface area contributed by atoms with Crippen LogP contribution in [-0.2, 0) is 6.54 Å². The molecule has 0 bridgehead atoms. The third kappa shape index (κ3) is 2.55. The molecule has 3 nitrogen and oxygen atoms in total. The second-order valence-electron chi connectivity index (χ2n) is 5.15. The molecule has 2 aromatic rings. The molecule has 0 unspecified atom stereocenters. The van der Waals surface area contributed by atoms with Crippen LogP contribution in [0.5, 0.6) is 0 Å². The zero-order chi connectivity index (χ0) is 13.1. The van der Waals surface area contributed by atoms with E-state index in [9.17, 15) is 4.79 Å². The van der Waals surface area contributed by atoms with Crippen LogP contribution in [0.3, 0.4) is 0 Å². The normalized spacial score (nSPS) is 11.3. The van der Waals surface area contributed by atoms with Crippen molar-refractivity contribution in [3.05, 3.63) is 40.7 Å². The molecular weight excluding hydrogens is 224 g/mol. The standard InChI is InChI=1S/C15H20N2O/c1-11(2)6-5-9-17-14(16)10-12-7-3-4-8-13(12)15(17)18/h3-4,7-8,10-11H,5-6,9,16H2,1-2H3. The molecule has 0 radical (unpaired) electrons. The Hall–Kier alpha value is -1.77. The first kappa shape index (κ1) is 12.7. The predicted molar refractivity (Wildman–Crippen MR) is 76.7 cm³/mol. The predicted octanol–water partition coefficient (Wildman–Crippen LogP) is 3.02. The van der Waals surface area contributed by atoms with Gasteiger partial charge in [0, 0.05) is 11.9 Å². The van der Waals surface area contributed by atoms with Gasteiger partial charge >= 0.3 is 0 Å². The fraction of sp³-hybridized carbons (Fsp3) is 0.400. The molecule has 0 fully saturated rings. The van der Waals surface area contributed by atoms with E-state index in [1.165, 1.54) is 0 Å². The van der Waals surface area contributed by atoms with Gasteiger partial charge in [-0.25, -0.2) is 0 Å². The number of hydrogen-bond donors (Lipinski definition) is 1. The van der Waals surface area contributed by atoms with E-state index in [-0.39, 0.29) is 5.56 Å². The van der Waals surface area contributed by atoms with Gasteiger partial charge in [0.25, 0.3) is 5.56 Å². The summed E-state index contributed by atoms with van der Waals surface area (Å²) in [5, 5.41) is 1.66. The van der Waals surface area contributed by atoms with Crippen molar-refractivity contribution in [3.63, 3.8) is 0 Å². The highest BCUT2D eigenvalue weighted by Crippen LogP contribution is 2.14. The Morgan fingerprint density at radius 3 is 2.72 bits per heavy atom. The Labute approximate surface area is 107 Å². The Kier molecular flexibility index (Phi) is 3.70. The molecular formula is C15H20N2O. The maximum Gasteiger partial charge on any atom is 0.259 e. The second-order valence-corrected chi connectivity index (χ2v) is 5.15. The maximum atomic E-state index is 12.3. The van der Waals surface area contributed by atoms with Crippen molar-refractivity contribution in [1.82, 2.24) is 4.57 Å². The third-order valence-electron chi connectivity index (χ3n) is 3.21. The summed E-state index contributed by atoms with van der Waals surface area (Å²) < 4.78 is 1.69. The summed E-state index contributed by atoms with van der Waals surface area (Å²) in [5.41, 5.74) is 5.99. The van der Waals surface area contributed by atoms with Gasteiger partial charge in [-0.2, -0.15) is 0 Å². The van der Waals surface area contributed by atoms with E-state index >= 15 is 0 Å². The molecule has 1 aromatic heterocycles. The molecule has 0 spiro atoms. The van der Waals surface area contributed by atoms with Gasteiger partial charge in [-0.3, -0.25) is 9.36 Å². The van der Waals surface area contributed by atoms with Crippen LogP contribution in [0.4, 0.5) is 5.82 Å². The zero-order valence-corrected chi connectivity index (χ0v) is 11.0. The van der Waals surface area contributed by atoms with E-state index < -0.39 is 0 Å². The minimum Gasteiger partial charge on any atom is -0.385 e. The number of rotatable bonds is 4. The zero-order valence-electron chi connectivity index (χ0n) is 11.0. The number of nitrogens with two attached hydrogens (primary N) is 1. The third-order valence-corrected chi connectivity index (χ3v) is 3.21. The van der Waals surface area contributed by atoms with Crippen LogP contribution >= 0.6 is 0 Å². The molecule has 1 heterocycles. The molecule has 0 saturated heterocycles. The Bertz CT molecular complexity index is 599. The summed E-state index contributed by atoms with van der Waals surface area (Å²) in [7, 11) is 0. The quantitative estimate of drug-likeness (QED) is 0.898. The monoisotopic (exact) mass is 244 g/mol. The van der Waals surface area contributed by atoms with Crippen molar-refractivity contribution in [2.75, 3.05) is 5.73 Å². The van der Waals surface area contributed by atoms with Crippen LogP contribution in [0.1, 0.15) is 26.7 Å². The number of fused-ring (bicyclic) bond motifs is 1. The maximum absolute atomic E-state index is 12.3. The lowest BCUT2D eigenvalue weighted by atomic mass is 10.1. The van der Waals surface area contributed by atoms with Crippen LogP contribution in [0.25, 0.3) is 10.8 Å². The van der Waals surface area contributed by atoms with Crippen molar-refractivity contribution in [2.24, 2.45) is 5.92 Å². The van der Waals surface area contributed by atoms with Gasteiger partial charge in [0.05, 0.1) is 0 Å². The molecule has 0 saturated carbocycles. The first-order chi connectivity index (χ1) is 8.59. The van der Waals surface area contributed by atoms with Crippen LogP contribution in [0.15, 0.2) is 35.1 Å². The van der Waals surface area contributed by atoms with E-state index in [0.29, 0.717) is 18.3 Å². The van der Waals surface area contributed by atoms with E-state index in [0.717, 1.165) is 23.6 Å². The van der Waals surface area contributed by atoms with Gasteiger partial charge in [-0.15, -0.1) is 0 Å². The summed E-state index contributed by atoms with van der Waals surface area (Å²) in [6.07, 6.45) is 2.10. The Morgan fingerprint density at radius 1 is 1.28 bits per heavy atom. The first-order valence-electron chi connectivity index (χ1n) is 6.47. The molecule has 2 N–H and O–H groups in total. The fourth-order valence-corrected chi connectivity index (χ4v) is 2.21. The summed E-state index contributed by atoms with van der Waals surface area (Å²) in [5.74, 6) is 1.21. The van der Waals surface area contributed by atoms with Crippen LogP contribution in [0.2, 0.25) is 0 Å². The largest absolute Gasteiger partial charge is 0.385 e. The van der Waals surface area contributed by atoms with Crippen molar-refractivity contribution in [1.29, 1.82) is 0 Å². The van der Waals surface area contributed by atoms with Crippen molar-refractivity contribution >= 4 is 16.6 Å². The van der Waals surface area contributed by atoms with Crippen molar-refractivity contribution in [3.8, 4) is 0 Å². The van der Waals surface area contributed by atoms with Crippen LogP contribution in [-0.4, -0.2) is 4.57 Å². The molecule has 0 aliphatic rings. The lowest BCUT2D eigenvalue weighted by Gasteiger charge is -2.12. The molecule has 2 rings (SSSR count). The smallest absolute Gasteiger partial charge is 0.259 e. The summed E-state index contributed by atoms with van der Waals surface area (Å²) in [4.78, 5) is 12.3. The van der Waals surface area contributed by atoms with E-state index in [2.05, 4.69) is 13.8 Å². The lowest BCUT2D eigenvalue weighted by Crippen LogP contribution is -2.23. The Balaban J connectivity index is 2.35. The SMILES string of the molecule is CC(C)CCCn1c(N)cc2ccccc2c1=O. The number of aromatic nitrogens is 1. The van der Waals surface area contributed by atoms with E-state index in [4.69, 9.17) is 5.73 Å². The van der Waals surface area contributed by atoms with Gasteiger partial charge in [-0.1, -0.05) is 32.0 Å². The average Bonchev–Trinajstić information content (AvgIpc) is 2.33. The van der Waals surface area contributed by atoms with Crippen LogP contribution < -0.4 is 11.3 Å². The molecule has 0 aliphatic carbocycles. The van der Waals surface area contributed by atoms with Crippen molar-refractivity contribution in [2.45, 2.75) is 33.2 Å². The number of nitrogen functional groups attached to an aromatic ring is 1. The molecule has 1 aromatic carbocycles. The summed E-state index contributed by atoms with van der Waals surface area (Å²) in [6.45, 7) is 5.08. The van der Waals surface area contributed by atoms with E-state index in [1.807, 2.05) is 30.3 Å². The topological polar surface area (TPSA) is 48.0 Å². The molecule has 96 valence electrons. The highest BCUT2D eigenvalue weighted by molar-refractivity contribution is 5.83. The minimum absolute atomic E-state index is 0.0226.